The third-order valence-corrected chi connectivity index (χ3v) is 3.85. The summed E-state index contributed by atoms with van der Waals surface area (Å²) in [5, 5.41) is 14.5. The van der Waals surface area contributed by atoms with Crippen LogP contribution in [-0.2, 0) is 30.7 Å². The first kappa shape index (κ1) is 16.8. The molecule has 0 saturated heterocycles. The van der Waals surface area contributed by atoms with Gasteiger partial charge in [0.1, 0.15) is 0 Å². The van der Waals surface area contributed by atoms with Crippen molar-refractivity contribution in [2.24, 2.45) is 0 Å². The molecule has 1 N–H and O–H groups in total. The minimum Gasteiger partial charge on any atom is -0.356 e. The second-order valence-electron chi connectivity index (χ2n) is 5.73. The lowest BCUT2D eigenvalue weighted by atomic mass is 10.1. The Hall–Kier alpha value is -3.03. The van der Waals surface area contributed by atoms with E-state index < -0.39 is 0 Å². The van der Waals surface area contributed by atoms with E-state index in [0.717, 1.165) is 19.4 Å². The van der Waals surface area contributed by atoms with Gasteiger partial charge in [-0.3, -0.25) is 4.79 Å². The van der Waals surface area contributed by atoms with Gasteiger partial charge in [-0.2, -0.15) is 0 Å². The van der Waals surface area contributed by atoms with Crippen LogP contribution in [0.1, 0.15) is 17.8 Å². The Morgan fingerprint density at radius 2 is 2.04 bits per heavy atom. The molecule has 0 aliphatic heterocycles. The van der Waals surface area contributed by atoms with Crippen molar-refractivity contribution in [2.75, 3.05) is 6.54 Å². The maximum atomic E-state index is 12.1. The van der Waals surface area contributed by atoms with Crippen molar-refractivity contribution in [3.8, 4) is 0 Å². The number of carbonyl (C=O) groups excluding carboxylic acids is 1. The summed E-state index contributed by atoms with van der Waals surface area (Å²) in [5.41, 5.74) is 1.22. The lowest BCUT2D eigenvalue weighted by Crippen LogP contribution is -2.28. The number of rotatable bonds is 9. The van der Waals surface area contributed by atoms with Gasteiger partial charge >= 0.3 is 0 Å². The largest absolute Gasteiger partial charge is 0.356 e. The molecule has 0 radical (unpaired) electrons. The zero-order valence-electron chi connectivity index (χ0n) is 14.0. The molecule has 3 aromatic rings. The van der Waals surface area contributed by atoms with Crippen LogP contribution >= 0.6 is 0 Å². The van der Waals surface area contributed by atoms with Gasteiger partial charge in [0, 0.05) is 32.0 Å². The minimum absolute atomic E-state index is 0.0682. The molecule has 8 heteroatoms. The van der Waals surface area contributed by atoms with Crippen molar-refractivity contribution in [2.45, 2.75) is 32.4 Å². The molecule has 25 heavy (non-hydrogen) atoms. The normalized spacial score (nSPS) is 10.7. The third-order valence-electron chi connectivity index (χ3n) is 3.85. The van der Waals surface area contributed by atoms with Crippen molar-refractivity contribution < 1.29 is 4.79 Å². The number of hydrogen-bond donors (Lipinski definition) is 1. The maximum absolute atomic E-state index is 12.1. The molecule has 3 rings (SSSR count). The first-order valence-electron chi connectivity index (χ1n) is 8.32. The SMILES string of the molecule is O=C(Cc1nnnn1CCc1ccccc1)NCCCn1ccnc1. The number of amides is 1. The van der Waals surface area contributed by atoms with Gasteiger partial charge in [-0.05, 0) is 28.8 Å². The number of aryl methyl sites for hydroxylation is 3. The summed E-state index contributed by atoms with van der Waals surface area (Å²) < 4.78 is 3.67. The molecule has 0 unspecified atom stereocenters. The van der Waals surface area contributed by atoms with Crippen LogP contribution in [0.15, 0.2) is 49.1 Å². The van der Waals surface area contributed by atoms with Gasteiger partial charge in [0.15, 0.2) is 5.82 Å². The molecule has 130 valence electrons. The summed E-state index contributed by atoms with van der Waals surface area (Å²) in [4.78, 5) is 16.0. The molecular weight excluding hydrogens is 318 g/mol. The van der Waals surface area contributed by atoms with Gasteiger partial charge in [-0.25, -0.2) is 9.67 Å². The molecule has 1 amide bonds. The molecule has 2 aromatic heterocycles. The molecule has 1 aromatic carbocycles. The van der Waals surface area contributed by atoms with Gasteiger partial charge in [0.05, 0.1) is 12.7 Å². The number of nitrogens with one attached hydrogen (secondary N) is 1. The second kappa shape index (κ2) is 8.72. The summed E-state index contributed by atoms with van der Waals surface area (Å²) in [6.07, 6.45) is 7.28. The predicted octanol–water partition coefficient (Wildman–Crippen LogP) is 0.861. The van der Waals surface area contributed by atoms with Crippen LogP contribution in [0, 0.1) is 0 Å². The van der Waals surface area contributed by atoms with E-state index in [4.69, 9.17) is 0 Å². The minimum atomic E-state index is -0.0682. The first-order chi connectivity index (χ1) is 12.3. The van der Waals surface area contributed by atoms with Crippen molar-refractivity contribution in [3.63, 3.8) is 0 Å². The lowest BCUT2D eigenvalue weighted by Gasteiger charge is -2.07. The second-order valence-corrected chi connectivity index (χ2v) is 5.73. The van der Waals surface area contributed by atoms with Crippen LogP contribution in [0.2, 0.25) is 0 Å². The van der Waals surface area contributed by atoms with Crippen molar-refractivity contribution in [3.05, 3.63) is 60.4 Å². The van der Waals surface area contributed by atoms with E-state index in [1.54, 1.807) is 17.2 Å². The smallest absolute Gasteiger partial charge is 0.227 e. The standard InChI is InChI=1S/C17H21N7O/c25-17(19-8-4-10-23-12-9-18-14-23)13-16-20-21-22-24(16)11-7-15-5-2-1-3-6-15/h1-3,5-6,9,12,14H,4,7-8,10-11,13H2,(H,19,25). The summed E-state index contributed by atoms with van der Waals surface area (Å²) in [7, 11) is 0. The van der Waals surface area contributed by atoms with Crippen LogP contribution in [0.4, 0.5) is 0 Å². The molecule has 0 aliphatic rings. The molecule has 8 nitrogen and oxygen atoms in total. The molecule has 0 atom stereocenters. The average molecular weight is 339 g/mol. The number of carbonyl (C=O) groups is 1. The molecule has 2 heterocycles. The fraction of sp³-hybridized carbons (Fsp3) is 0.353. The lowest BCUT2D eigenvalue weighted by molar-refractivity contribution is -0.120. The van der Waals surface area contributed by atoms with Crippen molar-refractivity contribution >= 4 is 5.91 Å². The Bertz CT molecular complexity index is 767. The molecule has 0 saturated carbocycles. The van der Waals surface area contributed by atoms with E-state index in [0.29, 0.717) is 18.9 Å². The van der Waals surface area contributed by atoms with Crippen molar-refractivity contribution in [1.29, 1.82) is 0 Å². The molecule has 0 bridgehead atoms. The first-order valence-corrected chi connectivity index (χ1v) is 8.32. The van der Waals surface area contributed by atoms with Gasteiger partial charge in [-0.1, -0.05) is 30.3 Å². The highest BCUT2D eigenvalue weighted by Gasteiger charge is 2.11. The highest BCUT2D eigenvalue weighted by atomic mass is 16.1. The maximum Gasteiger partial charge on any atom is 0.227 e. The van der Waals surface area contributed by atoms with Crippen LogP contribution in [0.25, 0.3) is 0 Å². The summed E-state index contributed by atoms with van der Waals surface area (Å²) in [6, 6.07) is 10.1. The van der Waals surface area contributed by atoms with Gasteiger partial charge in [-0.15, -0.1) is 5.10 Å². The number of benzene rings is 1. The molecule has 0 aliphatic carbocycles. The zero-order chi connectivity index (χ0) is 17.3. The highest BCUT2D eigenvalue weighted by Crippen LogP contribution is 2.03. The van der Waals surface area contributed by atoms with Crippen LogP contribution in [0.3, 0.4) is 0 Å². The fourth-order valence-corrected chi connectivity index (χ4v) is 2.52. The van der Waals surface area contributed by atoms with E-state index in [9.17, 15) is 4.79 Å². The van der Waals surface area contributed by atoms with E-state index in [2.05, 4.69) is 38.0 Å². The summed E-state index contributed by atoms with van der Waals surface area (Å²) in [6.45, 7) is 2.10. The number of nitrogens with zero attached hydrogens (tertiary/aromatic N) is 6. The Morgan fingerprint density at radius 1 is 1.16 bits per heavy atom. The number of tetrazole rings is 1. The summed E-state index contributed by atoms with van der Waals surface area (Å²) in [5.74, 6) is 0.518. The average Bonchev–Trinajstić information content (AvgIpc) is 3.30. The van der Waals surface area contributed by atoms with E-state index in [1.165, 1.54) is 5.56 Å². The Labute approximate surface area is 145 Å². The third kappa shape index (κ3) is 5.23. The number of hydrogen-bond acceptors (Lipinski definition) is 5. The van der Waals surface area contributed by atoms with Crippen LogP contribution in [-0.4, -0.2) is 42.2 Å². The molecule has 0 spiro atoms. The summed E-state index contributed by atoms with van der Waals surface area (Å²) >= 11 is 0. The number of aromatic nitrogens is 6. The highest BCUT2D eigenvalue weighted by molar-refractivity contribution is 5.77. The van der Waals surface area contributed by atoms with E-state index in [1.807, 2.05) is 29.0 Å². The van der Waals surface area contributed by atoms with Crippen LogP contribution < -0.4 is 5.32 Å². The molecular formula is C17H21N7O. The number of imidazole rings is 1. The van der Waals surface area contributed by atoms with Crippen LogP contribution in [0.5, 0.6) is 0 Å². The quantitative estimate of drug-likeness (QED) is 0.584. The zero-order valence-corrected chi connectivity index (χ0v) is 14.0. The monoisotopic (exact) mass is 339 g/mol. The molecule has 0 fully saturated rings. The predicted molar refractivity (Wildman–Crippen MR) is 91.5 cm³/mol. The Morgan fingerprint density at radius 3 is 2.84 bits per heavy atom. The Balaban J connectivity index is 1.41. The van der Waals surface area contributed by atoms with E-state index in [-0.39, 0.29) is 12.3 Å². The fourth-order valence-electron chi connectivity index (χ4n) is 2.52. The topological polar surface area (TPSA) is 90.5 Å². The van der Waals surface area contributed by atoms with Gasteiger partial charge in [0.25, 0.3) is 0 Å². The van der Waals surface area contributed by atoms with Gasteiger partial charge in [0.2, 0.25) is 5.91 Å². The van der Waals surface area contributed by atoms with Gasteiger partial charge < -0.3 is 9.88 Å². The van der Waals surface area contributed by atoms with Crippen molar-refractivity contribution in [1.82, 2.24) is 35.1 Å². The Kier molecular flexibility index (Phi) is 5.86. The van der Waals surface area contributed by atoms with E-state index >= 15 is 0 Å².